The fraction of sp³-hybridized carbons (Fsp3) is 0.300. The van der Waals surface area contributed by atoms with Crippen LogP contribution in [0.1, 0.15) is 47.9 Å². The Morgan fingerprint density at radius 1 is 1.20 bits per heavy atom. The standard InChI is InChI=1S/C20H17FN4/c21-16-5-4-11(8-12(16)9-22)20-14-3-1-2-13(14)19-15-10-23-25-17(15)6-7-18(19)24-20/h4-8,10,13-14,20,24H,1-3H2,(H,23,25)/t13-,14+,20-/m0/s1. The summed E-state index contributed by atoms with van der Waals surface area (Å²) in [4.78, 5) is 0. The van der Waals surface area contributed by atoms with Gasteiger partial charge in [0, 0.05) is 11.1 Å². The number of rotatable bonds is 1. The van der Waals surface area contributed by atoms with E-state index < -0.39 is 5.82 Å². The van der Waals surface area contributed by atoms with Crippen molar-refractivity contribution in [1.29, 1.82) is 5.26 Å². The van der Waals surface area contributed by atoms with Crippen molar-refractivity contribution in [3.05, 3.63) is 59.0 Å². The van der Waals surface area contributed by atoms with Gasteiger partial charge < -0.3 is 5.32 Å². The third-order valence-electron chi connectivity index (χ3n) is 5.82. The van der Waals surface area contributed by atoms with Gasteiger partial charge in [-0.15, -0.1) is 0 Å². The molecule has 0 amide bonds. The third-order valence-corrected chi connectivity index (χ3v) is 5.82. The second-order valence-corrected chi connectivity index (χ2v) is 7.03. The average Bonchev–Trinajstić information content (AvgIpc) is 3.30. The summed E-state index contributed by atoms with van der Waals surface area (Å²) in [5.41, 5.74) is 4.66. The van der Waals surface area contributed by atoms with Crippen LogP contribution in [-0.2, 0) is 0 Å². The van der Waals surface area contributed by atoms with E-state index in [0.717, 1.165) is 29.6 Å². The first kappa shape index (κ1) is 14.5. The van der Waals surface area contributed by atoms with Crippen LogP contribution in [-0.4, -0.2) is 10.2 Å². The number of nitrogens with one attached hydrogen (secondary N) is 2. The molecule has 2 aliphatic rings. The smallest absolute Gasteiger partial charge is 0.140 e. The molecule has 3 atom stereocenters. The molecule has 1 aliphatic heterocycles. The van der Waals surface area contributed by atoms with E-state index in [1.54, 1.807) is 6.07 Å². The Kier molecular flexibility index (Phi) is 3.08. The Morgan fingerprint density at radius 3 is 3.00 bits per heavy atom. The summed E-state index contributed by atoms with van der Waals surface area (Å²) >= 11 is 0. The lowest BCUT2D eigenvalue weighted by Gasteiger charge is -2.38. The summed E-state index contributed by atoms with van der Waals surface area (Å²) in [5, 5.41) is 21.3. The monoisotopic (exact) mass is 332 g/mol. The van der Waals surface area contributed by atoms with Crippen molar-refractivity contribution in [2.75, 3.05) is 5.32 Å². The zero-order valence-corrected chi connectivity index (χ0v) is 13.6. The van der Waals surface area contributed by atoms with Crippen LogP contribution < -0.4 is 5.32 Å². The molecule has 2 N–H and O–H groups in total. The number of benzene rings is 2. The van der Waals surface area contributed by atoms with Gasteiger partial charge in [-0.2, -0.15) is 10.4 Å². The molecule has 124 valence electrons. The Bertz CT molecular complexity index is 1020. The zero-order chi connectivity index (χ0) is 17.0. The number of nitriles is 1. The minimum atomic E-state index is -0.453. The van der Waals surface area contributed by atoms with Crippen molar-refractivity contribution in [2.45, 2.75) is 31.2 Å². The van der Waals surface area contributed by atoms with Gasteiger partial charge in [0.2, 0.25) is 0 Å². The lowest BCUT2D eigenvalue weighted by atomic mass is 9.76. The molecule has 1 fully saturated rings. The number of aromatic nitrogens is 2. The highest BCUT2D eigenvalue weighted by molar-refractivity contribution is 5.88. The molecule has 0 radical (unpaired) electrons. The third kappa shape index (κ3) is 2.07. The molecule has 4 nitrogen and oxygen atoms in total. The van der Waals surface area contributed by atoms with Gasteiger partial charge in [0.25, 0.3) is 0 Å². The first-order valence-electron chi connectivity index (χ1n) is 8.68. The minimum absolute atomic E-state index is 0.108. The molecule has 2 heterocycles. The summed E-state index contributed by atoms with van der Waals surface area (Å²) in [6.07, 6.45) is 5.40. The van der Waals surface area contributed by atoms with Gasteiger partial charge in [0.05, 0.1) is 23.3 Å². The highest BCUT2D eigenvalue weighted by Gasteiger charge is 2.41. The highest BCUT2D eigenvalue weighted by Crippen LogP contribution is 2.54. The molecule has 0 unspecified atom stereocenters. The summed E-state index contributed by atoms with van der Waals surface area (Å²) in [7, 11) is 0. The summed E-state index contributed by atoms with van der Waals surface area (Å²) in [5.74, 6) is 0.466. The number of aromatic amines is 1. The summed E-state index contributed by atoms with van der Waals surface area (Å²) in [6, 6.07) is 11.1. The number of hydrogen-bond donors (Lipinski definition) is 2. The van der Waals surface area contributed by atoms with E-state index in [1.165, 1.54) is 23.4 Å². The van der Waals surface area contributed by atoms with Gasteiger partial charge in [-0.1, -0.05) is 12.5 Å². The van der Waals surface area contributed by atoms with Crippen molar-refractivity contribution in [3.63, 3.8) is 0 Å². The van der Waals surface area contributed by atoms with E-state index in [0.29, 0.717) is 11.8 Å². The largest absolute Gasteiger partial charge is 0.378 e. The molecule has 1 aliphatic carbocycles. The predicted octanol–water partition coefficient (Wildman–Crippen LogP) is 4.62. The Balaban J connectivity index is 1.65. The van der Waals surface area contributed by atoms with Crippen molar-refractivity contribution in [1.82, 2.24) is 10.2 Å². The van der Waals surface area contributed by atoms with Crippen molar-refractivity contribution in [3.8, 4) is 6.07 Å². The van der Waals surface area contributed by atoms with E-state index in [4.69, 9.17) is 5.26 Å². The SMILES string of the molecule is N#Cc1cc([C@@H]2Nc3ccc4[nH]ncc4c3[C@H]3CCC[C@H]32)ccc1F. The molecular weight excluding hydrogens is 315 g/mol. The number of hydrogen-bond acceptors (Lipinski definition) is 3. The first-order valence-corrected chi connectivity index (χ1v) is 8.68. The number of fused-ring (bicyclic) bond motifs is 5. The van der Waals surface area contributed by atoms with Crippen molar-refractivity contribution < 1.29 is 4.39 Å². The van der Waals surface area contributed by atoms with Crippen LogP contribution in [0.2, 0.25) is 0 Å². The Labute approximate surface area is 144 Å². The topological polar surface area (TPSA) is 64.5 Å². The number of anilines is 1. The number of halogens is 1. The molecule has 3 aromatic rings. The predicted molar refractivity (Wildman–Crippen MR) is 93.7 cm³/mol. The molecular formula is C20H17FN4. The maximum absolute atomic E-state index is 13.7. The van der Waals surface area contributed by atoms with Crippen LogP contribution in [0.25, 0.3) is 10.9 Å². The van der Waals surface area contributed by atoms with Gasteiger partial charge in [0.15, 0.2) is 0 Å². The fourth-order valence-electron chi connectivity index (χ4n) is 4.74. The van der Waals surface area contributed by atoms with Crippen LogP contribution in [0, 0.1) is 23.1 Å². The van der Waals surface area contributed by atoms with Gasteiger partial charge in [-0.05, 0) is 60.1 Å². The molecule has 1 aromatic heterocycles. The molecule has 0 spiro atoms. The Hall–Kier alpha value is -2.87. The number of H-pyrrole nitrogens is 1. The zero-order valence-electron chi connectivity index (χ0n) is 13.6. The van der Waals surface area contributed by atoms with Crippen molar-refractivity contribution in [2.24, 2.45) is 5.92 Å². The summed E-state index contributed by atoms with van der Waals surface area (Å²) < 4.78 is 13.7. The van der Waals surface area contributed by atoms with Gasteiger partial charge in [-0.3, -0.25) is 5.10 Å². The fourth-order valence-corrected chi connectivity index (χ4v) is 4.74. The molecule has 0 saturated heterocycles. The van der Waals surface area contributed by atoms with Crippen LogP contribution in [0.5, 0.6) is 0 Å². The molecule has 1 saturated carbocycles. The first-order chi connectivity index (χ1) is 12.3. The van der Waals surface area contributed by atoms with E-state index in [2.05, 4.69) is 21.6 Å². The second kappa shape index (κ2) is 5.32. The molecule has 2 aromatic carbocycles. The van der Waals surface area contributed by atoms with Gasteiger partial charge in [0.1, 0.15) is 11.9 Å². The Morgan fingerprint density at radius 2 is 2.12 bits per heavy atom. The van der Waals surface area contributed by atoms with E-state index >= 15 is 0 Å². The highest BCUT2D eigenvalue weighted by atomic mass is 19.1. The lowest BCUT2D eigenvalue weighted by molar-refractivity contribution is 0.407. The van der Waals surface area contributed by atoms with Crippen LogP contribution >= 0.6 is 0 Å². The van der Waals surface area contributed by atoms with Crippen molar-refractivity contribution >= 4 is 16.6 Å². The molecule has 5 rings (SSSR count). The average molecular weight is 332 g/mol. The van der Waals surface area contributed by atoms with Crippen LogP contribution in [0.15, 0.2) is 36.5 Å². The van der Waals surface area contributed by atoms with Gasteiger partial charge >= 0.3 is 0 Å². The maximum atomic E-state index is 13.7. The molecule has 5 heteroatoms. The van der Waals surface area contributed by atoms with Gasteiger partial charge in [-0.25, -0.2) is 4.39 Å². The quantitative estimate of drug-likeness (QED) is 0.683. The molecule has 25 heavy (non-hydrogen) atoms. The minimum Gasteiger partial charge on any atom is -0.378 e. The number of nitrogens with zero attached hydrogens (tertiary/aromatic N) is 2. The van der Waals surface area contributed by atoms with E-state index in [1.807, 2.05) is 24.4 Å². The van der Waals surface area contributed by atoms with Crippen LogP contribution in [0.4, 0.5) is 10.1 Å². The van der Waals surface area contributed by atoms with E-state index in [9.17, 15) is 4.39 Å². The normalized spacial score (nSPS) is 24.4. The van der Waals surface area contributed by atoms with E-state index in [-0.39, 0.29) is 11.6 Å². The second-order valence-electron chi connectivity index (χ2n) is 7.03. The lowest BCUT2D eigenvalue weighted by Crippen LogP contribution is -2.29. The maximum Gasteiger partial charge on any atom is 0.140 e. The van der Waals surface area contributed by atoms with Crippen LogP contribution in [0.3, 0.4) is 0 Å². The summed E-state index contributed by atoms with van der Waals surface area (Å²) in [6.45, 7) is 0. The molecule has 0 bridgehead atoms.